The third-order valence-corrected chi connectivity index (χ3v) is 4.87. The lowest BCUT2D eigenvalue weighted by Crippen LogP contribution is -2.03. The summed E-state index contributed by atoms with van der Waals surface area (Å²) in [6, 6.07) is 8.20. The number of thiophene rings is 2. The summed E-state index contributed by atoms with van der Waals surface area (Å²) in [6.45, 7) is 1.85. The normalized spacial score (nSPS) is 11.9. The lowest BCUT2D eigenvalue weighted by Gasteiger charge is -2.08. The van der Waals surface area contributed by atoms with Crippen molar-refractivity contribution in [3.05, 3.63) is 34.0 Å². The minimum Gasteiger partial charge on any atom is -0.393 e. The third-order valence-electron chi connectivity index (χ3n) is 2.49. The van der Waals surface area contributed by atoms with E-state index < -0.39 is 0 Å². The first kappa shape index (κ1) is 13.3. The van der Waals surface area contributed by atoms with E-state index in [1.807, 2.05) is 19.1 Å². The number of hydrogen-bond donors (Lipinski definition) is 1. The fraction of sp³-hybridized carbons (Fsp3) is 0.286. The summed E-state index contributed by atoms with van der Waals surface area (Å²) >= 11 is 3.34. The fourth-order valence-corrected chi connectivity index (χ4v) is 3.68. The molecule has 0 saturated carbocycles. The molecule has 0 spiro atoms. The molecule has 1 atom stereocenters. The van der Waals surface area contributed by atoms with Crippen LogP contribution >= 0.6 is 22.7 Å². The molecule has 2 aromatic heterocycles. The summed E-state index contributed by atoms with van der Waals surface area (Å²) in [5, 5.41) is 9.20. The van der Waals surface area contributed by atoms with Gasteiger partial charge in [0.15, 0.2) is 0 Å². The molecule has 0 fully saturated rings. The van der Waals surface area contributed by atoms with E-state index in [9.17, 15) is 5.11 Å². The van der Waals surface area contributed by atoms with Gasteiger partial charge in [0.1, 0.15) is 6.10 Å². The molecule has 0 saturated heterocycles. The minimum atomic E-state index is -0.224. The van der Waals surface area contributed by atoms with Crippen molar-refractivity contribution >= 4 is 22.7 Å². The molecule has 0 radical (unpaired) electrons. The van der Waals surface area contributed by atoms with Crippen molar-refractivity contribution in [2.45, 2.75) is 13.0 Å². The van der Waals surface area contributed by atoms with E-state index in [-0.39, 0.29) is 12.7 Å². The summed E-state index contributed by atoms with van der Waals surface area (Å²) in [6.07, 6.45) is -0.224. The van der Waals surface area contributed by atoms with Gasteiger partial charge in [0.25, 0.3) is 0 Å². The number of aliphatic hydroxyl groups excluding tert-OH is 1. The van der Waals surface area contributed by atoms with Crippen LogP contribution in [-0.4, -0.2) is 18.8 Å². The average Bonchev–Trinajstić information content (AvgIpc) is 3.00. The number of ether oxygens (including phenoxy) is 1. The second kappa shape index (κ2) is 6.17. The highest BCUT2D eigenvalue weighted by atomic mass is 32.1. The quantitative estimate of drug-likeness (QED) is 0.867. The lowest BCUT2D eigenvalue weighted by atomic mass is 10.3. The molecule has 18 heavy (non-hydrogen) atoms. The first-order chi connectivity index (χ1) is 8.78. The zero-order valence-electron chi connectivity index (χ0n) is 10.3. The molecule has 2 aromatic rings. The highest BCUT2D eigenvalue weighted by Crippen LogP contribution is 2.36. The van der Waals surface area contributed by atoms with Gasteiger partial charge >= 0.3 is 0 Å². The van der Waals surface area contributed by atoms with Gasteiger partial charge < -0.3 is 9.84 Å². The van der Waals surface area contributed by atoms with E-state index in [0.29, 0.717) is 0 Å². The van der Waals surface area contributed by atoms with E-state index in [1.165, 1.54) is 9.75 Å². The molecule has 0 amide bonds. The molecular formula is C14H14O2S2. The Balaban J connectivity index is 2.24. The predicted octanol–water partition coefficient (Wildman–Crippen LogP) is 3.53. The van der Waals surface area contributed by atoms with E-state index >= 15 is 0 Å². The molecule has 2 heterocycles. The van der Waals surface area contributed by atoms with Gasteiger partial charge in [-0.1, -0.05) is 5.92 Å². The van der Waals surface area contributed by atoms with Crippen molar-refractivity contribution in [2.75, 3.05) is 13.7 Å². The van der Waals surface area contributed by atoms with Crippen LogP contribution in [0.1, 0.15) is 22.8 Å². The van der Waals surface area contributed by atoms with Gasteiger partial charge in [-0.25, -0.2) is 0 Å². The Morgan fingerprint density at radius 3 is 2.61 bits per heavy atom. The van der Waals surface area contributed by atoms with Gasteiger partial charge in [0.05, 0.1) is 11.5 Å². The van der Waals surface area contributed by atoms with Crippen LogP contribution in [0, 0.1) is 11.8 Å². The lowest BCUT2D eigenvalue weighted by molar-refractivity contribution is 0.0509. The Kier molecular flexibility index (Phi) is 4.56. The van der Waals surface area contributed by atoms with Crippen LogP contribution in [0.5, 0.6) is 0 Å². The Morgan fingerprint density at radius 2 is 1.94 bits per heavy atom. The van der Waals surface area contributed by atoms with E-state index in [4.69, 9.17) is 4.74 Å². The Labute approximate surface area is 115 Å². The number of aliphatic hydroxyl groups is 1. The topological polar surface area (TPSA) is 29.5 Å². The maximum absolute atomic E-state index is 9.20. The van der Waals surface area contributed by atoms with Gasteiger partial charge in [-0.2, -0.15) is 0 Å². The smallest absolute Gasteiger partial charge is 0.114 e. The van der Waals surface area contributed by atoms with Crippen molar-refractivity contribution < 1.29 is 9.84 Å². The summed E-state index contributed by atoms with van der Waals surface area (Å²) < 4.78 is 5.22. The molecule has 2 nitrogen and oxygen atoms in total. The largest absolute Gasteiger partial charge is 0.393 e. The van der Waals surface area contributed by atoms with Crippen molar-refractivity contribution in [3.63, 3.8) is 0 Å². The van der Waals surface area contributed by atoms with Crippen molar-refractivity contribution in [3.8, 4) is 21.6 Å². The zero-order valence-corrected chi connectivity index (χ0v) is 11.9. The van der Waals surface area contributed by atoms with E-state index in [1.54, 1.807) is 29.8 Å². The van der Waals surface area contributed by atoms with Crippen molar-refractivity contribution in [1.29, 1.82) is 0 Å². The van der Waals surface area contributed by atoms with Crippen molar-refractivity contribution in [1.82, 2.24) is 0 Å². The Bertz CT molecular complexity index is 568. The van der Waals surface area contributed by atoms with Gasteiger partial charge in [0.2, 0.25) is 0 Å². The van der Waals surface area contributed by atoms with Gasteiger partial charge in [0, 0.05) is 21.7 Å². The third kappa shape index (κ3) is 2.82. The Hall–Kier alpha value is -1.12. The molecule has 1 N–H and O–H groups in total. The highest BCUT2D eigenvalue weighted by molar-refractivity contribution is 7.22. The first-order valence-corrected chi connectivity index (χ1v) is 7.18. The van der Waals surface area contributed by atoms with Gasteiger partial charge in [-0.15, -0.1) is 28.6 Å². The first-order valence-electron chi connectivity index (χ1n) is 5.54. The van der Waals surface area contributed by atoms with E-state index in [0.717, 1.165) is 9.75 Å². The van der Waals surface area contributed by atoms with Crippen LogP contribution in [-0.2, 0) is 4.74 Å². The van der Waals surface area contributed by atoms with Gasteiger partial charge in [-0.3, -0.25) is 0 Å². The van der Waals surface area contributed by atoms with Crippen LogP contribution < -0.4 is 0 Å². The molecule has 0 aliphatic carbocycles. The molecule has 0 aliphatic rings. The summed E-state index contributed by atoms with van der Waals surface area (Å²) in [7, 11) is 1.61. The van der Waals surface area contributed by atoms with Gasteiger partial charge in [-0.05, 0) is 31.2 Å². The Morgan fingerprint density at radius 1 is 1.22 bits per heavy atom. The molecule has 0 aliphatic heterocycles. The minimum absolute atomic E-state index is 0.00739. The molecule has 2 rings (SSSR count). The van der Waals surface area contributed by atoms with Crippen LogP contribution in [0.3, 0.4) is 0 Å². The monoisotopic (exact) mass is 278 g/mol. The number of rotatable bonds is 4. The summed E-state index contributed by atoms with van der Waals surface area (Å²) in [4.78, 5) is 4.52. The highest BCUT2D eigenvalue weighted by Gasteiger charge is 2.13. The number of hydrogen-bond acceptors (Lipinski definition) is 4. The molecular weight excluding hydrogens is 264 g/mol. The zero-order chi connectivity index (χ0) is 13.0. The van der Waals surface area contributed by atoms with Crippen LogP contribution in [0.4, 0.5) is 0 Å². The molecule has 1 unspecified atom stereocenters. The maximum atomic E-state index is 9.20. The van der Waals surface area contributed by atoms with E-state index in [2.05, 4.69) is 24.0 Å². The van der Waals surface area contributed by atoms with Crippen molar-refractivity contribution in [2.24, 2.45) is 0 Å². The average molecular weight is 278 g/mol. The standard InChI is InChI=1S/C14H14O2S2/c1-3-4-10-5-6-13(17-10)14-8-7-12(18-14)11(9-15)16-2/h5-8,11,15H,9H2,1-2H3. The van der Waals surface area contributed by atoms with Crippen LogP contribution in [0.15, 0.2) is 24.3 Å². The molecule has 94 valence electrons. The molecule has 0 aromatic carbocycles. The maximum Gasteiger partial charge on any atom is 0.114 e. The second-order valence-electron chi connectivity index (χ2n) is 3.65. The SMILES string of the molecule is CC#Cc1ccc(-c2ccc(C(CO)OC)s2)s1. The fourth-order valence-electron chi connectivity index (χ4n) is 1.60. The summed E-state index contributed by atoms with van der Waals surface area (Å²) in [5.74, 6) is 5.96. The molecule has 4 heteroatoms. The van der Waals surface area contributed by atoms with Crippen LogP contribution in [0.25, 0.3) is 9.75 Å². The second-order valence-corrected chi connectivity index (χ2v) is 5.85. The summed E-state index contributed by atoms with van der Waals surface area (Å²) in [5.41, 5.74) is 0. The predicted molar refractivity (Wildman–Crippen MR) is 77.0 cm³/mol. The molecule has 0 bridgehead atoms. The van der Waals surface area contributed by atoms with Crippen LogP contribution in [0.2, 0.25) is 0 Å². The number of methoxy groups -OCH3 is 1.